The number of benzene rings is 1. The van der Waals surface area contributed by atoms with Crippen LogP contribution in [-0.4, -0.2) is 38.6 Å². The Morgan fingerprint density at radius 3 is 2.18 bits per heavy atom. The molecule has 1 aliphatic carbocycles. The third kappa shape index (κ3) is 3.70. The van der Waals surface area contributed by atoms with Crippen molar-refractivity contribution in [3.63, 3.8) is 0 Å². The van der Waals surface area contributed by atoms with Crippen molar-refractivity contribution in [1.82, 2.24) is 4.90 Å². The molecule has 0 radical (unpaired) electrons. The Balaban J connectivity index is 1.53. The van der Waals surface area contributed by atoms with Crippen molar-refractivity contribution in [1.29, 1.82) is 0 Å². The highest BCUT2D eigenvalue weighted by Crippen LogP contribution is 2.32. The number of likely N-dealkylation sites (tertiary alicyclic amines) is 1. The molecule has 4 nitrogen and oxygen atoms in total. The molecule has 0 aromatic heterocycles. The van der Waals surface area contributed by atoms with Gasteiger partial charge < -0.3 is 4.90 Å². The van der Waals surface area contributed by atoms with Crippen LogP contribution in [0.2, 0.25) is 0 Å². The molecule has 1 saturated heterocycles. The molecule has 0 amide bonds. The third-order valence-corrected chi connectivity index (χ3v) is 6.17. The van der Waals surface area contributed by atoms with Gasteiger partial charge in [0.1, 0.15) is 0 Å². The topological polar surface area (TPSA) is 46.6 Å². The standard InChI is InChI=1S/C17H25NO3S/c1-14-6-8-17(9-7-14)22(19,20)21-16-12-15(13-16)18-10-4-2-3-5-11-18/h6-9,15-16H,2-5,10-13H2,1H3. The van der Waals surface area contributed by atoms with Gasteiger partial charge in [-0.2, -0.15) is 8.42 Å². The molecule has 1 saturated carbocycles. The van der Waals surface area contributed by atoms with Crippen molar-refractivity contribution in [3.05, 3.63) is 29.8 Å². The van der Waals surface area contributed by atoms with Gasteiger partial charge in [-0.3, -0.25) is 4.18 Å². The Kier molecular flexibility index (Phi) is 4.85. The number of nitrogens with zero attached hydrogens (tertiary/aromatic N) is 1. The van der Waals surface area contributed by atoms with E-state index >= 15 is 0 Å². The smallest absolute Gasteiger partial charge is 0.297 e. The quantitative estimate of drug-likeness (QED) is 0.799. The average Bonchev–Trinajstić information content (AvgIpc) is 2.72. The van der Waals surface area contributed by atoms with E-state index in [1.54, 1.807) is 24.3 Å². The summed E-state index contributed by atoms with van der Waals surface area (Å²) in [7, 11) is -3.62. The van der Waals surface area contributed by atoms with Gasteiger partial charge in [0.2, 0.25) is 0 Å². The Morgan fingerprint density at radius 1 is 1.00 bits per heavy atom. The molecule has 0 spiro atoms. The molecule has 22 heavy (non-hydrogen) atoms. The van der Waals surface area contributed by atoms with Crippen molar-refractivity contribution in [2.75, 3.05) is 13.1 Å². The SMILES string of the molecule is Cc1ccc(S(=O)(=O)OC2CC(N3CCCCCC3)C2)cc1. The third-order valence-electron chi connectivity index (χ3n) is 4.80. The van der Waals surface area contributed by atoms with Crippen LogP contribution < -0.4 is 0 Å². The summed E-state index contributed by atoms with van der Waals surface area (Å²) in [6.07, 6.45) is 6.71. The van der Waals surface area contributed by atoms with Crippen LogP contribution in [0.3, 0.4) is 0 Å². The summed E-state index contributed by atoms with van der Waals surface area (Å²) in [6.45, 7) is 4.25. The molecular formula is C17H25NO3S. The first-order chi connectivity index (χ1) is 10.5. The van der Waals surface area contributed by atoms with E-state index in [0.29, 0.717) is 6.04 Å². The molecule has 2 fully saturated rings. The van der Waals surface area contributed by atoms with E-state index in [1.807, 2.05) is 6.92 Å². The lowest BCUT2D eigenvalue weighted by Gasteiger charge is -2.41. The molecule has 1 heterocycles. The highest BCUT2D eigenvalue weighted by Gasteiger charge is 2.37. The van der Waals surface area contributed by atoms with Crippen molar-refractivity contribution in [3.8, 4) is 0 Å². The number of hydrogen-bond acceptors (Lipinski definition) is 4. The fourth-order valence-corrected chi connectivity index (χ4v) is 4.41. The van der Waals surface area contributed by atoms with E-state index < -0.39 is 10.1 Å². The van der Waals surface area contributed by atoms with Crippen LogP contribution in [0.1, 0.15) is 44.1 Å². The van der Waals surface area contributed by atoms with Gasteiger partial charge in [-0.05, 0) is 57.8 Å². The Morgan fingerprint density at radius 2 is 1.59 bits per heavy atom. The molecule has 0 N–H and O–H groups in total. The normalized spacial score (nSPS) is 27.1. The molecule has 3 rings (SSSR count). The maximum Gasteiger partial charge on any atom is 0.297 e. The maximum absolute atomic E-state index is 12.2. The van der Waals surface area contributed by atoms with Crippen LogP contribution >= 0.6 is 0 Å². The second kappa shape index (κ2) is 6.69. The zero-order valence-electron chi connectivity index (χ0n) is 13.2. The molecule has 1 aliphatic heterocycles. The summed E-state index contributed by atoms with van der Waals surface area (Å²) in [5.41, 5.74) is 1.05. The number of aryl methyl sites for hydroxylation is 1. The van der Waals surface area contributed by atoms with Gasteiger partial charge >= 0.3 is 0 Å². The zero-order chi connectivity index (χ0) is 15.6. The van der Waals surface area contributed by atoms with Gasteiger partial charge in [-0.1, -0.05) is 30.5 Å². The molecular weight excluding hydrogens is 298 g/mol. The summed E-state index contributed by atoms with van der Waals surface area (Å²) < 4.78 is 29.9. The summed E-state index contributed by atoms with van der Waals surface area (Å²) in [5.74, 6) is 0. The summed E-state index contributed by atoms with van der Waals surface area (Å²) in [4.78, 5) is 2.78. The lowest BCUT2D eigenvalue weighted by molar-refractivity contribution is 0.0226. The number of hydrogen-bond donors (Lipinski definition) is 0. The highest BCUT2D eigenvalue weighted by molar-refractivity contribution is 7.86. The second-order valence-corrected chi connectivity index (χ2v) is 8.13. The first-order valence-corrected chi connectivity index (χ1v) is 9.69. The monoisotopic (exact) mass is 323 g/mol. The van der Waals surface area contributed by atoms with Crippen LogP contribution in [0.15, 0.2) is 29.2 Å². The molecule has 122 valence electrons. The summed E-state index contributed by atoms with van der Waals surface area (Å²) in [6, 6.07) is 7.36. The lowest BCUT2D eigenvalue weighted by Crippen LogP contribution is -2.48. The van der Waals surface area contributed by atoms with Gasteiger partial charge in [0.25, 0.3) is 10.1 Å². The summed E-state index contributed by atoms with van der Waals surface area (Å²) >= 11 is 0. The fourth-order valence-electron chi connectivity index (χ4n) is 3.31. The lowest BCUT2D eigenvalue weighted by atomic mass is 9.88. The molecule has 0 atom stereocenters. The summed E-state index contributed by atoms with van der Waals surface area (Å²) in [5, 5.41) is 0. The van der Waals surface area contributed by atoms with Crippen molar-refractivity contribution in [2.24, 2.45) is 0 Å². The van der Waals surface area contributed by atoms with E-state index in [9.17, 15) is 8.42 Å². The van der Waals surface area contributed by atoms with Crippen LogP contribution in [0, 0.1) is 6.92 Å². The minimum atomic E-state index is -3.62. The van der Waals surface area contributed by atoms with E-state index in [1.165, 1.54) is 25.7 Å². The Hall–Kier alpha value is -0.910. The van der Waals surface area contributed by atoms with Crippen LogP contribution in [0.4, 0.5) is 0 Å². The highest BCUT2D eigenvalue weighted by atomic mass is 32.2. The Labute approximate surface area is 133 Å². The van der Waals surface area contributed by atoms with Crippen LogP contribution in [0.25, 0.3) is 0 Å². The minimum Gasteiger partial charge on any atom is -0.300 e. The molecule has 1 aromatic rings. The van der Waals surface area contributed by atoms with E-state index in [0.717, 1.165) is 31.5 Å². The van der Waals surface area contributed by atoms with E-state index in [2.05, 4.69) is 4.90 Å². The minimum absolute atomic E-state index is 0.153. The van der Waals surface area contributed by atoms with Gasteiger partial charge in [0.15, 0.2) is 0 Å². The average molecular weight is 323 g/mol. The second-order valence-electron chi connectivity index (χ2n) is 6.56. The largest absolute Gasteiger partial charge is 0.300 e. The number of rotatable bonds is 4. The van der Waals surface area contributed by atoms with Gasteiger partial charge in [0, 0.05) is 6.04 Å². The van der Waals surface area contributed by atoms with Crippen molar-refractivity contribution < 1.29 is 12.6 Å². The van der Waals surface area contributed by atoms with Crippen LogP contribution in [0.5, 0.6) is 0 Å². The van der Waals surface area contributed by atoms with E-state index in [4.69, 9.17) is 4.18 Å². The van der Waals surface area contributed by atoms with Gasteiger partial charge in [-0.25, -0.2) is 0 Å². The predicted molar refractivity (Wildman–Crippen MR) is 86.3 cm³/mol. The maximum atomic E-state index is 12.2. The molecule has 2 aliphatic rings. The van der Waals surface area contributed by atoms with Crippen LogP contribution in [-0.2, 0) is 14.3 Å². The first-order valence-electron chi connectivity index (χ1n) is 8.28. The van der Waals surface area contributed by atoms with E-state index in [-0.39, 0.29) is 11.0 Å². The van der Waals surface area contributed by atoms with Gasteiger partial charge in [-0.15, -0.1) is 0 Å². The van der Waals surface area contributed by atoms with Crippen molar-refractivity contribution >= 4 is 10.1 Å². The zero-order valence-corrected chi connectivity index (χ0v) is 14.0. The van der Waals surface area contributed by atoms with Crippen molar-refractivity contribution in [2.45, 2.75) is 62.5 Å². The molecule has 0 unspecified atom stereocenters. The van der Waals surface area contributed by atoms with Gasteiger partial charge in [0.05, 0.1) is 11.0 Å². The fraction of sp³-hybridized carbons (Fsp3) is 0.647. The molecule has 0 bridgehead atoms. The molecule has 5 heteroatoms. The predicted octanol–water partition coefficient (Wildman–Crippen LogP) is 3.11. The first kappa shape index (κ1) is 16.0. The Bertz CT molecular complexity index is 583. The molecule has 1 aromatic carbocycles.